The molecule has 4 rings (SSSR count). The van der Waals surface area contributed by atoms with Crippen LogP contribution < -0.4 is 0 Å². The van der Waals surface area contributed by atoms with Crippen LogP contribution >= 0.6 is 0 Å². The normalized spacial score (nSPS) is 14.8. The van der Waals surface area contributed by atoms with Gasteiger partial charge in [-0.2, -0.15) is 5.26 Å². The van der Waals surface area contributed by atoms with Crippen LogP contribution in [0.1, 0.15) is 34.1 Å². The molecule has 0 saturated carbocycles. The number of hydrogen-bond donors (Lipinski definition) is 0. The second-order valence-corrected chi connectivity index (χ2v) is 7.84. The molecule has 1 aromatic heterocycles. The SMILES string of the molecule is COCCOC1(c2ccc(-c3cc4c(C(C)=O)cc(C)cc4nc3C#N)cc2)COC1. The minimum absolute atomic E-state index is 0.0263. The molecule has 1 saturated heterocycles. The first kappa shape index (κ1) is 21.1. The average Bonchev–Trinajstić information content (AvgIpc) is 2.74. The molecular formula is C25H24N2O4. The maximum atomic E-state index is 12.2. The smallest absolute Gasteiger partial charge is 0.160 e. The highest BCUT2D eigenvalue weighted by atomic mass is 16.6. The second-order valence-electron chi connectivity index (χ2n) is 7.84. The van der Waals surface area contributed by atoms with E-state index in [1.807, 2.05) is 49.4 Å². The standard InChI is InChI=1S/C25H24N2O4/c1-16-10-20(17(2)28)22-12-21(24(13-26)27-23(22)11-16)18-4-6-19(7-5-18)25(14-30-15-25)31-9-8-29-3/h4-7,10-12H,8-9,14-15H2,1-3H3. The number of nitriles is 1. The Bertz CT molecular complexity index is 1170. The zero-order valence-corrected chi connectivity index (χ0v) is 17.9. The molecule has 1 aliphatic rings. The lowest BCUT2D eigenvalue weighted by Crippen LogP contribution is -2.49. The molecule has 0 unspecified atom stereocenters. The summed E-state index contributed by atoms with van der Waals surface area (Å²) in [6.07, 6.45) is 0. The van der Waals surface area contributed by atoms with Gasteiger partial charge in [0, 0.05) is 23.6 Å². The highest BCUT2D eigenvalue weighted by Crippen LogP contribution is 2.36. The molecule has 0 atom stereocenters. The van der Waals surface area contributed by atoms with Gasteiger partial charge in [0.2, 0.25) is 0 Å². The van der Waals surface area contributed by atoms with Crippen LogP contribution in [-0.2, 0) is 19.8 Å². The number of Topliss-reactive ketones (excluding diaryl/α,β-unsaturated/α-hetero) is 1. The summed E-state index contributed by atoms with van der Waals surface area (Å²) in [6.45, 7) is 5.47. The monoisotopic (exact) mass is 416 g/mol. The van der Waals surface area contributed by atoms with Crippen molar-refractivity contribution in [1.29, 1.82) is 5.26 Å². The molecule has 0 aliphatic carbocycles. The van der Waals surface area contributed by atoms with E-state index in [0.29, 0.717) is 48.8 Å². The molecule has 6 heteroatoms. The second kappa shape index (κ2) is 8.56. The fraction of sp³-hybridized carbons (Fsp3) is 0.320. The largest absolute Gasteiger partial charge is 0.382 e. The van der Waals surface area contributed by atoms with Crippen molar-refractivity contribution in [2.75, 3.05) is 33.5 Å². The summed E-state index contributed by atoms with van der Waals surface area (Å²) in [5.74, 6) is -0.0263. The van der Waals surface area contributed by atoms with E-state index in [9.17, 15) is 10.1 Å². The first-order valence-corrected chi connectivity index (χ1v) is 10.2. The van der Waals surface area contributed by atoms with Crippen molar-refractivity contribution in [2.24, 2.45) is 0 Å². The Balaban J connectivity index is 1.75. The Morgan fingerprint density at radius 3 is 2.52 bits per heavy atom. The van der Waals surface area contributed by atoms with Gasteiger partial charge in [-0.1, -0.05) is 24.3 Å². The van der Waals surface area contributed by atoms with E-state index in [2.05, 4.69) is 11.1 Å². The highest BCUT2D eigenvalue weighted by molar-refractivity contribution is 6.07. The van der Waals surface area contributed by atoms with E-state index in [0.717, 1.165) is 22.1 Å². The number of nitrogens with zero attached hydrogens (tertiary/aromatic N) is 2. The maximum absolute atomic E-state index is 12.2. The lowest BCUT2D eigenvalue weighted by Gasteiger charge is -2.41. The van der Waals surface area contributed by atoms with Crippen LogP contribution in [0.15, 0.2) is 42.5 Å². The fourth-order valence-corrected chi connectivity index (χ4v) is 3.91. The van der Waals surface area contributed by atoms with Crippen LogP contribution in [0.3, 0.4) is 0 Å². The molecule has 6 nitrogen and oxygen atoms in total. The summed E-state index contributed by atoms with van der Waals surface area (Å²) < 4.78 is 16.5. The van der Waals surface area contributed by atoms with Crippen molar-refractivity contribution in [1.82, 2.24) is 4.98 Å². The fourth-order valence-electron chi connectivity index (χ4n) is 3.91. The Labute approximate surface area is 181 Å². The van der Waals surface area contributed by atoms with Gasteiger partial charge < -0.3 is 14.2 Å². The number of carbonyl (C=O) groups excluding carboxylic acids is 1. The zero-order valence-electron chi connectivity index (χ0n) is 17.9. The van der Waals surface area contributed by atoms with Crippen LogP contribution in [-0.4, -0.2) is 44.3 Å². The van der Waals surface area contributed by atoms with Gasteiger partial charge in [0.15, 0.2) is 5.78 Å². The summed E-state index contributed by atoms with van der Waals surface area (Å²) in [7, 11) is 1.64. The predicted molar refractivity (Wildman–Crippen MR) is 117 cm³/mol. The van der Waals surface area contributed by atoms with Gasteiger partial charge in [-0.15, -0.1) is 0 Å². The van der Waals surface area contributed by atoms with Gasteiger partial charge in [0.25, 0.3) is 0 Å². The van der Waals surface area contributed by atoms with Crippen LogP contribution in [0.4, 0.5) is 0 Å². The third-order valence-corrected chi connectivity index (χ3v) is 5.62. The Hall–Kier alpha value is -3.11. The lowest BCUT2D eigenvalue weighted by atomic mass is 9.89. The van der Waals surface area contributed by atoms with Crippen LogP contribution in [0, 0.1) is 18.3 Å². The molecule has 158 valence electrons. The summed E-state index contributed by atoms with van der Waals surface area (Å²) in [4.78, 5) is 16.7. The zero-order chi connectivity index (χ0) is 22.0. The van der Waals surface area contributed by atoms with Crippen molar-refractivity contribution < 1.29 is 19.0 Å². The highest BCUT2D eigenvalue weighted by Gasteiger charge is 2.41. The topological polar surface area (TPSA) is 81.4 Å². The number of ether oxygens (including phenoxy) is 3. The van der Waals surface area contributed by atoms with E-state index < -0.39 is 5.60 Å². The molecule has 0 radical (unpaired) electrons. The quantitative estimate of drug-likeness (QED) is 0.425. The Morgan fingerprint density at radius 1 is 1.19 bits per heavy atom. The minimum atomic E-state index is -0.462. The number of hydrogen-bond acceptors (Lipinski definition) is 6. The summed E-state index contributed by atoms with van der Waals surface area (Å²) in [6, 6.07) is 15.8. The van der Waals surface area contributed by atoms with Crippen molar-refractivity contribution in [2.45, 2.75) is 19.4 Å². The van der Waals surface area contributed by atoms with Crippen LogP contribution in [0.2, 0.25) is 0 Å². The van der Waals surface area contributed by atoms with E-state index in [-0.39, 0.29) is 5.78 Å². The van der Waals surface area contributed by atoms with Gasteiger partial charge in [-0.3, -0.25) is 4.79 Å². The van der Waals surface area contributed by atoms with E-state index in [1.54, 1.807) is 14.0 Å². The van der Waals surface area contributed by atoms with Crippen LogP contribution in [0.5, 0.6) is 0 Å². The van der Waals surface area contributed by atoms with Gasteiger partial charge in [-0.05, 0) is 48.7 Å². The van der Waals surface area contributed by atoms with E-state index in [4.69, 9.17) is 14.2 Å². The van der Waals surface area contributed by atoms with Gasteiger partial charge in [0.05, 0.1) is 31.9 Å². The van der Waals surface area contributed by atoms with Gasteiger partial charge in [0.1, 0.15) is 17.4 Å². The van der Waals surface area contributed by atoms with E-state index in [1.165, 1.54) is 0 Å². The molecule has 0 N–H and O–H groups in total. The molecule has 1 fully saturated rings. The minimum Gasteiger partial charge on any atom is -0.382 e. The Morgan fingerprint density at radius 2 is 1.94 bits per heavy atom. The molecule has 0 spiro atoms. The van der Waals surface area contributed by atoms with Crippen molar-refractivity contribution in [3.05, 3.63) is 64.8 Å². The van der Waals surface area contributed by atoms with Crippen LogP contribution in [0.25, 0.3) is 22.0 Å². The average molecular weight is 416 g/mol. The first-order valence-electron chi connectivity index (χ1n) is 10.2. The number of pyridine rings is 1. The maximum Gasteiger partial charge on any atom is 0.160 e. The number of aromatic nitrogens is 1. The molecule has 3 aromatic rings. The lowest BCUT2D eigenvalue weighted by molar-refractivity contribution is -0.220. The summed E-state index contributed by atoms with van der Waals surface area (Å²) in [5, 5.41) is 10.5. The predicted octanol–water partition coefficient (Wildman–Crippen LogP) is 4.17. The number of carbonyl (C=O) groups is 1. The number of rotatable bonds is 7. The number of ketones is 1. The van der Waals surface area contributed by atoms with Crippen molar-refractivity contribution in [3.63, 3.8) is 0 Å². The molecule has 0 amide bonds. The van der Waals surface area contributed by atoms with Crippen molar-refractivity contribution in [3.8, 4) is 17.2 Å². The third kappa shape index (κ3) is 3.96. The molecule has 1 aliphatic heterocycles. The first-order chi connectivity index (χ1) is 15.0. The molecule has 0 bridgehead atoms. The summed E-state index contributed by atoms with van der Waals surface area (Å²) in [5.41, 5.74) is 4.65. The molecule has 2 heterocycles. The summed E-state index contributed by atoms with van der Waals surface area (Å²) >= 11 is 0. The number of benzene rings is 2. The number of methoxy groups -OCH3 is 1. The number of fused-ring (bicyclic) bond motifs is 1. The van der Waals surface area contributed by atoms with E-state index >= 15 is 0 Å². The molecular weight excluding hydrogens is 392 g/mol. The third-order valence-electron chi connectivity index (χ3n) is 5.62. The van der Waals surface area contributed by atoms with Gasteiger partial charge in [-0.25, -0.2) is 4.98 Å². The Kier molecular flexibility index (Phi) is 5.84. The molecule has 31 heavy (non-hydrogen) atoms. The van der Waals surface area contributed by atoms with Gasteiger partial charge >= 0.3 is 0 Å². The molecule has 2 aromatic carbocycles. The van der Waals surface area contributed by atoms with Crippen molar-refractivity contribution >= 4 is 16.7 Å². The number of aryl methyl sites for hydroxylation is 1.